The van der Waals surface area contributed by atoms with Crippen molar-refractivity contribution in [3.63, 3.8) is 0 Å². The van der Waals surface area contributed by atoms with Crippen molar-refractivity contribution in [2.24, 2.45) is 0 Å². The first-order valence-corrected chi connectivity index (χ1v) is 17.9. The normalized spacial score (nSPS) is 14.3. The van der Waals surface area contributed by atoms with Crippen molar-refractivity contribution in [3.05, 3.63) is 88.9 Å². The van der Waals surface area contributed by atoms with Gasteiger partial charge in [-0.25, -0.2) is 8.42 Å². The van der Waals surface area contributed by atoms with E-state index in [0.29, 0.717) is 23.6 Å². The van der Waals surface area contributed by atoms with E-state index in [4.69, 9.17) is 21.1 Å². The van der Waals surface area contributed by atoms with Crippen LogP contribution < -0.4 is 19.1 Å². The van der Waals surface area contributed by atoms with Crippen LogP contribution in [0.3, 0.4) is 0 Å². The van der Waals surface area contributed by atoms with Crippen molar-refractivity contribution in [2.75, 3.05) is 31.3 Å². The number of halogens is 1. The molecule has 2 amide bonds. The molecule has 3 aromatic carbocycles. The molecular formula is C35H44ClN3O6S. The van der Waals surface area contributed by atoms with Crippen LogP contribution in [0, 0.1) is 0 Å². The highest BCUT2D eigenvalue weighted by Crippen LogP contribution is 2.30. The molecule has 0 radical (unpaired) electrons. The minimum Gasteiger partial charge on any atom is -0.497 e. The first-order chi connectivity index (χ1) is 22.1. The summed E-state index contributed by atoms with van der Waals surface area (Å²) in [5.74, 6) is 0.651. The fraction of sp³-hybridized carbons (Fsp3) is 0.429. The van der Waals surface area contributed by atoms with Gasteiger partial charge < -0.3 is 19.7 Å². The Balaban J connectivity index is 1.60. The minimum atomic E-state index is -3.68. The maximum atomic E-state index is 14.1. The van der Waals surface area contributed by atoms with Gasteiger partial charge >= 0.3 is 0 Å². The zero-order valence-electron chi connectivity index (χ0n) is 26.8. The molecule has 248 valence electrons. The zero-order chi connectivity index (χ0) is 33.1. The zero-order valence-corrected chi connectivity index (χ0v) is 28.4. The molecule has 1 unspecified atom stereocenters. The number of ether oxygens (including phenoxy) is 2. The quantitative estimate of drug-likeness (QED) is 0.213. The Morgan fingerprint density at radius 2 is 1.65 bits per heavy atom. The maximum Gasteiger partial charge on any atom is 0.243 e. The van der Waals surface area contributed by atoms with Gasteiger partial charge in [0.2, 0.25) is 21.8 Å². The van der Waals surface area contributed by atoms with Crippen molar-refractivity contribution >= 4 is 39.1 Å². The smallest absolute Gasteiger partial charge is 0.243 e. The number of rotatable bonds is 15. The maximum absolute atomic E-state index is 14.1. The summed E-state index contributed by atoms with van der Waals surface area (Å²) in [7, 11) is -0.615. The molecule has 1 aliphatic carbocycles. The summed E-state index contributed by atoms with van der Waals surface area (Å²) in [5, 5.41) is 3.52. The van der Waals surface area contributed by atoms with Gasteiger partial charge in [-0.05, 0) is 60.7 Å². The number of nitrogens with zero attached hydrogens (tertiary/aromatic N) is 2. The summed E-state index contributed by atoms with van der Waals surface area (Å²) in [6.07, 6.45) is 6.85. The number of nitrogens with one attached hydrogen (secondary N) is 1. The fourth-order valence-corrected chi connectivity index (χ4v) is 7.09. The topological polar surface area (TPSA) is 105 Å². The summed E-state index contributed by atoms with van der Waals surface area (Å²) in [6, 6.07) is 21.2. The summed E-state index contributed by atoms with van der Waals surface area (Å²) in [5.41, 5.74) is 2.14. The van der Waals surface area contributed by atoms with Crippen LogP contribution in [-0.4, -0.2) is 64.2 Å². The Morgan fingerprint density at radius 1 is 0.935 bits per heavy atom. The van der Waals surface area contributed by atoms with Crippen molar-refractivity contribution in [1.29, 1.82) is 0 Å². The second kappa shape index (κ2) is 16.7. The fourth-order valence-electron chi connectivity index (χ4n) is 5.88. The largest absolute Gasteiger partial charge is 0.497 e. The van der Waals surface area contributed by atoms with Gasteiger partial charge in [-0.15, -0.1) is 0 Å². The third-order valence-corrected chi connectivity index (χ3v) is 9.77. The van der Waals surface area contributed by atoms with Crippen molar-refractivity contribution < 1.29 is 27.5 Å². The van der Waals surface area contributed by atoms with Crippen molar-refractivity contribution in [2.45, 2.75) is 70.0 Å². The summed E-state index contributed by atoms with van der Waals surface area (Å²) < 4.78 is 37.4. The van der Waals surface area contributed by atoms with Crippen LogP contribution in [0.2, 0.25) is 5.02 Å². The molecule has 0 spiro atoms. The van der Waals surface area contributed by atoms with E-state index in [1.165, 1.54) is 17.5 Å². The number of carbonyl (C=O) groups excluding carboxylic acids is 2. The molecular weight excluding hydrogens is 626 g/mol. The molecule has 3 aromatic rings. The highest BCUT2D eigenvalue weighted by Gasteiger charge is 2.32. The number of methoxy groups -OCH3 is 2. The average molecular weight is 670 g/mol. The van der Waals surface area contributed by atoms with E-state index in [-0.39, 0.29) is 48.8 Å². The molecule has 0 heterocycles. The molecule has 46 heavy (non-hydrogen) atoms. The van der Waals surface area contributed by atoms with Gasteiger partial charge in [-0.2, -0.15) is 0 Å². The lowest BCUT2D eigenvalue weighted by molar-refractivity contribution is -0.141. The molecule has 1 fully saturated rings. The second-order valence-corrected chi connectivity index (χ2v) is 14.0. The first kappa shape index (κ1) is 35.1. The molecule has 1 atom stereocenters. The lowest BCUT2D eigenvalue weighted by Gasteiger charge is -2.34. The molecule has 0 aromatic heterocycles. The van der Waals surface area contributed by atoms with Crippen molar-refractivity contribution in [3.8, 4) is 11.5 Å². The first-order valence-electron chi connectivity index (χ1n) is 15.7. The molecule has 1 N–H and O–H groups in total. The van der Waals surface area contributed by atoms with Crippen LogP contribution >= 0.6 is 11.6 Å². The third-order valence-electron chi connectivity index (χ3n) is 8.29. The number of carbonyl (C=O) groups is 2. The molecule has 1 aliphatic rings. The average Bonchev–Trinajstić information content (AvgIpc) is 3.05. The standard InChI is InChI=1S/C35H44ClN3O6S/c1-44-30-17-10-14-27(22-30)25-38(32(23-26-12-6-4-7-13-26)35(41)37-28-15-8-5-9-16-28)34(40)18-11-21-39(46(3,42)43)29-19-20-33(45-2)31(36)24-29/h4,6-7,10,12-14,17,19-20,22,24,28,32H,5,8-9,11,15-16,18,21,23,25H2,1-3H3,(H,37,41). The monoisotopic (exact) mass is 669 g/mol. The number of sulfonamides is 1. The second-order valence-electron chi connectivity index (χ2n) is 11.7. The number of benzene rings is 3. The summed E-state index contributed by atoms with van der Waals surface area (Å²) >= 11 is 6.30. The molecule has 0 aliphatic heterocycles. The number of hydrogen-bond donors (Lipinski definition) is 1. The van der Waals surface area contributed by atoms with Gasteiger partial charge in [-0.3, -0.25) is 13.9 Å². The van der Waals surface area contributed by atoms with Gasteiger partial charge in [0.25, 0.3) is 0 Å². The lowest BCUT2D eigenvalue weighted by Crippen LogP contribution is -2.52. The Hall–Kier alpha value is -3.76. The Kier molecular flexibility index (Phi) is 12.7. The molecule has 11 heteroatoms. The van der Waals surface area contributed by atoms with Crippen LogP contribution in [-0.2, 0) is 32.6 Å². The highest BCUT2D eigenvalue weighted by molar-refractivity contribution is 7.92. The molecule has 9 nitrogen and oxygen atoms in total. The van der Waals surface area contributed by atoms with Crippen LogP contribution in [0.15, 0.2) is 72.8 Å². The van der Waals surface area contributed by atoms with Crippen molar-refractivity contribution in [1.82, 2.24) is 10.2 Å². The summed E-state index contributed by atoms with van der Waals surface area (Å²) in [4.78, 5) is 29.8. The van der Waals surface area contributed by atoms with Crippen LogP contribution in [0.1, 0.15) is 56.1 Å². The van der Waals surface area contributed by atoms with Gasteiger partial charge in [0.15, 0.2) is 0 Å². The molecule has 0 saturated heterocycles. The number of anilines is 1. The molecule has 0 bridgehead atoms. The SMILES string of the molecule is COc1cccc(CN(C(=O)CCCN(c2ccc(OC)c(Cl)c2)S(C)(=O)=O)C(Cc2ccccc2)C(=O)NC2CCCCC2)c1. The van der Waals surface area contributed by atoms with Gasteiger partial charge in [0.05, 0.1) is 31.2 Å². The van der Waals surface area contributed by atoms with E-state index in [9.17, 15) is 18.0 Å². The number of hydrogen-bond acceptors (Lipinski definition) is 6. The van der Waals surface area contributed by atoms with Crippen LogP contribution in [0.5, 0.6) is 11.5 Å². The minimum absolute atomic E-state index is 0.0296. The highest BCUT2D eigenvalue weighted by atomic mass is 35.5. The molecule has 4 rings (SSSR count). The predicted molar refractivity (Wildman–Crippen MR) is 182 cm³/mol. The van der Waals surface area contributed by atoms with Crippen LogP contribution in [0.25, 0.3) is 0 Å². The van der Waals surface area contributed by atoms with Gasteiger partial charge in [0.1, 0.15) is 17.5 Å². The van der Waals surface area contributed by atoms with Gasteiger partial charge in [0, 0.05) is 32.0 Å². The Bertz CT molecular complexity index is 1560. The Labute approximate surface area is 277 Å². The number of amides is 2. The van der Waals surface area contributed by atoms with E-state index >= 15 is 0 Å². The Morgan fingerprint density at radius 3 is 2.30 bits per heavy atom. The predicted octanol–water partition coefficient (Wildman–Crippen LogP) is 5.99. The third kappa shape index (κ3) is 9.87. The van der Waals surface area contributed by atoms with E-state index < -0.39 is 16.1 Å². The van der Waals surface area contributed by atoms with E-state index in [0.717, 1.165) is 49.5 Å². The molecule has 1 saturated carbocycles. The van der Waals surface area contributed by atoms with E-state index in [1.807, 2.05) is 54.6 Å². The summed E-state index contributed by atoms with van der Waals surface area (Å²) in [6.45, 7) is 0.243. The van der Waals surface area contributed by atoms with Crippen LogP contribution in [0.4, 0.5) is 5.69 Å². The van der Waals surface area contributed by atoms with E-state index in [1.54, 1.807) is 24.1 Å². The van der Waals surface area contributed by atoms with Gasteiger partial charge in [-0.1, -0.05) is 73.3 Å². The lowest BCUT2D eigenvalue weighted by atomic mass is 9.94. The van der Waals surface area contributed by atoms with E-state index in [2.05, 4.69) is 5.32 Å².